The fourth-order valence-electron chi connectivity index (χ4n) is 4.25. The van der Waals surface area contributed by atoms with Crippen molar-refractivity contribution in [2.45, 2.75) is 39.4 Å². The van der Waals surface area contributed by atoms with Gasteiger partial charge in [-0.05, 0) is 17.5 Å². The number of pyridine rings is 1. The van der Waals surface area contributed by atoms with Crippen LogP contribution in [0.3, 0.4) is 0 Å². The molecule has 0 spiro atoms. The lowest BCUT2D eigenvalue weighted by Crippen LogP contribution is -2.41. The van der Waals surface area contributed by atoms with Gasteiger partial charge in [-0.1, -0.05) is 36.4 Å². The molecule has 3 rings (SSSR count). The molecule has 0 amide bonds. The first-order chi connectivity index (χ1) is 19.0. The number of aromatic nitrogens is 1. The molecule has 0 fully saturated rings. The van der Waals surface area contributed by atoms with Gasteiger partial charge in [-0.3, -0.25) is 24.0 Å². The highest BCUT2D eigenvalue weighted by molar-refractivity contribution is 6.07. The monoisotopic (exact) mass is 555 g/mol. The Balaban J connectivity index is 2.02. The molecular formula is C28H29NO11. The summed E-state index contributed by atoms with van der Waals surface area (Å²) in [4.78, 5) is 74.3. The van der Waals surface area contributed by atoms with Gasteiger partial charge in [0.25, 0.3) is 5.56 Å². The summed E-state index contributed by atoms with van der Waals surface area (Å²) in [6.45, 7) is 2.39. The van der Waals surface area contributed by atoms with Crippen molar-refractivity contribution >= 4 is 51.6 Å². The molecule has 212 valence electrons. The number of ether oxygens (including phenoxy) is 5. The highest BCUT2D eigenvalue weighted by Crippen LogP contribution is 2.24. The van der Waals surface area contributed by atoms with E-state index in [4.69, 9.17) is 23.7 Å². The zero-order valence-electron chi connectivity index (χ0n) is 22.4. The minimum atomic E-state index is -1.31. The zero-order valence-corrected chi connectivity index (χ0v) is 22.4. The van der Waals surface area contributed by atoms with Crippen molar-refractivity contribution in [3.05, 3.63) is 58.9 Å². The number of nitrogens with zero attached hydrogens (tertiary/aromatic N) is 1. The van der Waals surface area contributed by atoms with Crippen LogP contribution in [0, 0.1) is 5.92 Å². The van der Waals surface area contributed by atoms with Crippen molar-refractivity contribution in [3.8, 4) is 0 Å². The van der Waals surface area contributed by atoms with Gasteiger partial charge in [0.1, 0.15) is 31.3 Å². The molecule has 0 aliphatic heterocycles. The summed E-state index contributed by atoms with van der Waals surface area (Å²) in [6, 6.07) is 13.5. The number of hydrogen-bond donors (Lipinski definition) is 0. The first-order valence-corrected chi connectivity index (χ1v) is 12.3. The van der Waals surface area contributed by atoms with E-state index in [9.17, 15) is 28.8 Å². The van der Waals surface area contributed by atoms with Gasteiger partial charge in [0.15, 0.2) is 0 Å². The van der Waals surface area contributed by atoms with Crippen LogP contribution in [-0.2, 0) is 42.9 Å². The zero-order chi connectivity index (χ0) is 29.4. The van der Waals surface area contributed by atoms with Crippen molar-refractivity contribution in [2.75, 3.05) is 20.3 Å². The van der Waals surface area contributed by atoms with Crippen LogP contribution in [0.5, 0.6) is 0 Å². The van der Waals surface area contributed by atoms with E-state index in [-0.39, 0.29) is 17.3 Å². The van der Waals surface area contributed by atoms with Crippen LogP contribution in [0.1, 0.15) is 27.2 Å². The molecular weight excluding hydrogens is 526 g/mol. The lowest BCUT2D eigenvalue weighted by atomic mass is 9.95. The molecule has 0 aliphatic carbocycles. The third kappa shape index (κ3) is 7.22. The average molecular weight is 556 g/mol. The SMILES string of the molecule is COC(=O)C(C[C@H](COC(C)=O)OC(=O)n1c(=O)c2ccccc2c2ccccc21)[C@H](COC(C)=O)OC(C)=O. The molecule has 0 saturated heterocycles. The van der Waals surface area contributed by atoms with Crippen molar-refractivity contribution < 1.29 is 47.7 Å². The first kappa shape index (κ1) is 29.8. The second-order valence-electron chi connectivity index (χ2n) is 8.83. The molecule has 0 radical (unpaired) electrons. The topological polar surface area (TPSA) is 154 Å². The van der Waals surface area contributed by atoms with E-state index in [2.05, 4.69) is 0 Å². The Morgan fingerprint density at radius 2 is 1.32 bits per heavy atom. The fraction of sp³-hybridized carbons (Fsp3) is 0.357. The number of rotatable bonds is 10. The predicted molar refractivity (Wildman–Crippen MR) is 140 cm³/mol. The Bertz CT molecular complexity index is 1490. The summed E-state index contributed by atoms with van der Waals surface area (Å²) in [5.74, 6) is -4.32. The molecule has 1 aromatic heterocycles. The van der Waals surface area contributed by atoms with Gasteiger partial charge in [-0.2, -0.15) is 0 Å². The molecule has 40 heavy (non-hydrogen) atoms. The number of carbonyl (C=O) groups excluding carboxylic acids is 5. The van der Waals surface area contributed by atoms with E-state index < -0.39 is 66.9 Å². The quantitative estimate of drug-likeness (QED) is 0.206. The van der Waals surface area contributed by atoms with Crippen molar-refractivity contribution in [3.63, 3.8) is 0 Å². The van der Waals surface area contributed by atoms with Crippen LogP contribution in [0.2, 0.25) is 0 Å². The van der Waals surface area contributed by atoms with Gasteiger partial charge in [0, 0.05) is 38.0 Å². The molecule has 0 aliphatic rings. The molecule has 0 saturated carbocycles. The number of carbonyl (C=O) groups is 5. The smallest absolute Gasteiger partial charge is 0.421 e. The number of esters is 4. The number of methoxy groups -OCH3 is 1. The summed E-state index contributed by atoms with van der Waals surface area (Å²) in [5, 5.41) is 1.54. The Kier molecular flexibility index (Phi) is 9.96. The molecule has 12 heteroatoms. The number of para-hydroxylation sites is 1. The van der Waals surface area contributed by atoms with Crippen LogP contribution in [0.25, 0.3) is 21.7 Å². The average Bonchev–Trinajstić information content (AvgIpc) is 2.92. The highest BCUT2D eigenvalue weighted by Gasteiger charge is 2.37. The van der Waals surface area contributed by atoms with Gasteiger partial charge >= 0.3 is 30.0 Å². The predicted octanol–water partition coefficient (Wildman–Crippen LogP) is 2.75. The standard InChI is InChI=1S/C28H29NO11/c1-16(30)37-14-19(13-23(27(34)36-4)25(39-18(3)32)15-38-17(2)31)40-28(35)29-24-12-8-7-10-21(24)20-9-5-6-11-22(20)26(29)33/h5-12,19,23,25H,13-15H2,1-4H3/t19-,23?,25+/m1/s1. The van der Waals surface area contributed by atoms with E-state index >= 15 is 0 Å². The Hall–Kier alpha value is -4.74. The van der Waals surface area contributed by atoms with Crippen molar-refractivity contribution in [1.29, 1.82) is 0 Å². The molecule has 3 aromatic rings. The Labute approximate surface area is 228 Å². The summed E-state index contributed by atoms with van der Waals surface area (Å²) in [6.07, 6.45) is -4.06. The van der Waals surface area contributed by atoms with Crippen LogP contribution >= 0.6 is 0 Å². The molecule has 2 aromatic carbocycles. The van der Waals surface area contributed by atoms with Crippen LogP contribution in [0.4, 0.5) is 4.79 Å². The molecule has 3 atom stereocenters. The maximum Gasteiger partial charge on any atom is 0.421 e. The maximum absolute atomic E-state index is 13.5. The van der Waals surface area contributed by atoms with Gasteiger partial charge in [-0.15, -0.1) is 0 Å². The van der Waals surface area contributed by atoms with E-state index in [0.717, 1.165) is 32.4 Å². The third-order valence-electron chi connectivity index (χ3n) is 5.96. The third-order valence-corrected chi connectivity index (χ3v) is 5.96. The Morgan fingerprint density at radius 3 is 1.93 bits per heavy atom. The minimum Gasteiger partial charge on any atom is -0.469 e. The molecule has 1 heterocycles. The van der Waals surface area contributed by atoms with E-state index in [1.54, 1.807) is 48.5 Å². The highest BCUT2D eigenvalue weighted by atomic mass is 16.6. The van der Waals surface area contributed by atoms with E-state index in [1.165, 1.54) is 0 Å². The van der Waals surface area contributed by atoms with Crippen molar-refractivity contribution in [2.24, 2.45) is 5.92 Å². The largest absolute Gasteiger partial charge is 0.469 e. The molecule has 0 N–H and O–H groups in total. The van der Waals surface area contributed by atoms with E-state index in [1.807, 2.05) is 0 Å². The fourth-order valence-corrected chi connectivity index (χ4v) is 4.25. The van der Waals surface area contributed by atoms with Crippen LogP contribution in [0.15, 0.2) is 53.3 Å². The number of fused-ring (bicyclic) bond motifs is 3. The van der Waals surface area contributed by atoms with Crippen LogP contribution in [-0.4, -0.2) is 67.1 Å². The molecule has 12 nitrogen and oxygen atoms in total. The van der Waals surface area contributed by atoms with Gasteiger partial charge < -0.3 is 23.7 Å². The second-order valence-corrected chi connectivity index (χ2v) is 8.83. The molecule has 0 bridgehead atoms. The second kappa shape index (κ2) is 13.4. The van der Waals surface area contributed by atoms with E-state index in [0.29, 0.717) is 10.8 Å². The lowest BCUT2D eigenvalue weighted by Gasteiger charge is -2.27. The van der Waals surface area contributed by atoms with Gasteiger partial charge in [-0.25, -0.2) is 9.36 Å². The van der Waals surface area contributed by atoms with Gasteiger partial charge in [0.2, 0.25) is 0 Å². The number of hydrogen-bond acceptors (Lipinski definition) is 11. The van der Waals surface area contributed by atoms with Gasteiger partial charge in [0.05, 0.1) is 12.6 Å². The normalized spacial score (nSPS) is 13.1. The maximum atomic E-state index is 13.5. The minimum absolute atomic E-state index is 0.276. The summed E-state index contributed by atoms with van der Waals surface area (Å²) < 4.78 is 26.5. The summed E-state index contributed by atoms with van der Waals surface area (Å²) in [5.41, 5.74) is -0.359. The Morgan fingerprint density at radius 1 is 0.750 bits per heavy atom. The lowest BCUT2D eigenvalue weighted by molar-refractivity contribution is -0.169. The first-order valence-electron chi connectivity index (χ1n) is 12.3. The van der Waals surface area contributed by atoms with Crippen LogP contribution < -0.4 is 5.56 Å². The number of benzene rings is 2. The summed E-state index contributed by atoms with van der Waals surface area (Å²) in [7, 11) is 1.10. The van der Waals surface area contributed by atoms with Crippen molar-refractivity contribution in [1.82, 2.24) is 4.57 Å². The molecule has 1 unspecified atom stereocenters. The summed E-state index contributed by atoms with van der Waals surface area (Å²) >= 11 is 0.